The molecular formula is C16H10F4N6. The molecule has 10 heteroatoms. The predicted molar refractivity (Wildman–Crippen MR) is 82.6 cm³/mol. The molecule has 3 aromatic heterocycles. The molecule has 3 heterocycles. The second-order valence-electron chi connectivity index (χ2n) is 5.34. The summed E-state index contributed by atoms with van der Waals surface area (Å²) in [6, 6.07) is 1.85. The molecule has 0 spiro atoms. The second kappa shape index (κ2) is 5.90. The zero-order valence-corrected chi connectivity index (χ0v) is 12.8. The van der Waals surface area contributed by atoms with Gasteiger partial charge < -0.3 is 4.40 Å². The van der Waals surface area contributed by atoms with Crippen LogP contribution in [0.4, 0.5) is 17.6 Å². The molecule has 0 bridgehead atoms. The first-order valence-corrected chi connectivity index (χ1v) is 7.30. The maximum atomic E-state index is 14.2. The van der Waals surface area contributed by atoms with Gasteiger partial charge in [-0.1, -0.05) is 18.2 Å². The van der Waals surface area contributed by atoms with Gasteiger partial charge in [-0.25, -0.2) is 19.3 Å². The molecule has 0 saturated heterocycles. The van der Waals surface area contributed by atoms with E-state index in [1.54, 1.807) is 6.20 Å². The highest BCUT2D eigenvalue weighted by molar-refractivity contribution is 5.55. The van der Waals surface area contributed by atoms with Crippen molar-refractivity contribution >= 4 is 5.65 Å². The van der Waals surface area contributed by atoms with Crippen molar-refractivity contribution < 1.29 is 20.3 Å². The molecule has 0 aliphatic carbocycles. The molecule has 26 heavy (non-hydrogen) atoms. The van der Waals surface area contributed by atoms with Crippen molar-refractivity contribution in [2.75, 3.05) is 0 Å². The Kier molecular flexibility index (Phi) is 3.16. The molecular weight excluding hydrogens is 352 g/mol. The summed E-state index contributed by atoms with van der Waals surface area (Å²) in [5.74, 6) is -2.29. The van der Waals surface area contributed by atoms with Gasteiger partial charge in [0.15, 0.2) is 5.65 Å². The van der Waals surface area contributed by atoms with Gasteiger partial charge in [0.1, 0.15) is 11.5 Å². The van der Waals surface area contributed by atoms with E-state index in [2.05, 4.69) is 20.1 Å². The molecule has 132 valence electrons. The van der Waals surface area contributed by atoms with Crippen LogP contribution in [-0.4, -0.2) is 29.5 Å². The number of aromatic nitrogens is 6. The lowest BCUT2D eigenvalue weighted by molar-refractivity contribution is -0.144. The van der Waals surface area contributed by atoms with E-state index in [1.807, 2.05) is 5.10 Å². The fourth-order valence-electron chi connectivity index (χ4n) is 2.43. The SMILES string of the molecule is [2H]c1cc([2H])c(Cc2nc(-c3n[nH]c(C(F)(F)F)n3)cn3ccnc23)c(F)c1. The molecule has 0 atom stereocenters. The summed E-state index contributed by atoms with van der Waals surface area (Å²) in [6.07, 6.45) is -0.426. The van der Waals surface area contributed by atoms with Crippen LogP contribution in [0.15, 0.2) is 42.8 Å². The van der Waals surface area contributed by atoms with Crippen molar-refractivity contribution in [1.29, 1.82) is 0 Å². The standard InChI is InChI=1S/C16H10F4N6/c17-10-4-2-1-3-9(10)7-11-14-21-5-6-26(14)8-12(22-11)13-23-15(25-24-13)16(18,19)20/h1-6,8H,7H2,(H,23,24,25)/i2D,3D. The van der Waals surface area contributed by atoms with Crippen molar-refractivity contribution in [3.8, 4) is 11.5 Å². The second-order valence-corrected chi connectivity index (χ2v) is 5.34. The summed E-state index contributed by atoms with van der Waals surface area (Å²) in [4.78, 5) is 11.8. The number of halogens is 4. The number of H-pyrrole nitrogens is 1. The summed E-state index contributed by atoms with van der Waals surface area (Å²) in [7, 11) is 0. The van der Waals surface area contributed by atoms with Crippen molar-refractivity contribution in [1.82, 2.24) is 29.5 Å². The molecule has 1 N–H and O–H groups in total. The van der Waals surface area contributed by atoms with Gasteiger partial charge in [-0.3, -0.25) is 5.10 Å². The number of benzene rings is 1. The van der Waals surface area contributed by atoms with Gasteiger partial charge in [0.2, 0.25) is 11.6 Å². The highest BCUT2D eigenvalue weighted by atomic mass is 19.4. The summed E-state index contributed by atoms with van der Waals surface area (Å²) in [5.41, 5.74) is 0.600. The number of nitrogens with one attached hydrogen (secondary N) is 1. The molecule has 0 aliphatic rings. The van der Waals surface area contributed by atoms with Gasteiger partial charge in [0, 0.05) is 25.0 Å². The van der Waals surface area contributed by atoms with Crippen LogP contribution in [0.3, 0.4) is 0 Å². The maximum Gasteiger partial charge on any atom is 0.451 e. The number of fused-ring (bicyclic) bond motifs is 1. The van der Waals surface area contributed by atoms with Crippen molar-refractivity contribution in [2.45, 2.75) is 12.6 Å². The molecule has 6 nitrogen and oxygen atoms in total. The van der Waals surface area contributed by atoms with E-state index < -0.39 is 17.8 Å². The van der Waals surface area contributed by atoms with Crippen LogP contribution in [0.25, 0.3) is 17.2 Å². The van der Waals surface area contributed by atoms with Crippen molar-refractivity contribution in [3.05, 3.63) is 65.7 Å². The lowest BCUT2D eigenvalue weighted by Gasteiger charge is -2.07. The molecule has 1 aromatic carbocycles. The molecule has 0 fully saturated rings. The van der Waals surface area contributed by atoms with Crippen LogP contribution in [0.1, 0.15) is 19.8 Å². The minimum atomic E-state index is -4.69. The van der Waals surface area contributed by atoms with Gasteiger partial charge >= 0.3 is 6.18 Å². The lowest BCUT2D eigenvalue weighted by atomic mass is 10.1. The minimum Gasteiger partial charge on any atom is -0.303 e. The fourth-order valence-corrected chi connectivity index (χ4v) is 2.43. The number of imidazole rings is 1. The molecule has 0 aliphatic heterocycles. The summed E-state index contributed by atoms with van der Waals surface area (Å²) in [5, 5.41) is 5.37. The summed E-state index contributed by atoms with van der Waals surface area (Å²) < 4.78 is 69.4. The molecule has 0 radical (unpaired) electrons. The van der Waals surface area contributed by atoms with Gasteiger partial charge in [0.05, 0.1) is 8.44 Å². The van der Waals surface area contributed by atoms with E-state index in [9.17, 15) is 17.6 Å². The number of rotatable bonds is 3. The maximum absolute atomic E-state index is 14.2. The Balaban J connectivity index is 1.81. The number of hydrogen-bond acceptors (Lipinski definition) is 4. The van der Waals surface area contributed by atoms with Gasteiger partial charge in [-0.15, -0.1) is 0 Å². The third kappa shape index (κ3) is 2.89. The molecule has 0 saturated carbocycles. The van der Waals surface area contributed by atoms with E-state index in [0.29, 0.717) is 5.65 Å². The zero-order chi connectivity index (χ0) is 20.1. The topological polar surface area (TPSA) is 71.8 Å². The first-order chi connectivity index (χ1) is 13.2. The molecule has 0 amide bonds. The van der Waals surface area contributed by atoms with Crippen LogP contribution in [0, 0.1) is 5.82 Å². The van der Waals surface area contributed by atoms with E-state index in [0.717, 1.165) is 6.07 Å². The largest absolute Gasteiger partial charge is 0.451 e. The van der Waals surface area contributed by atoms with Crippen molar-refractivity contribution in [2.24, 2.45) is 0 Å². The van der Waals surface area contributed by atoms with Gasteiger partial charge in [0.25, 0.3) is 0 Å². The molecule has 4 aromatic rings. The van der Waals surface area contributed by atoms with E-state index in [-0.39, 0.29) is 41.3 Å². The third-order valence-electron chi connectivity index (χ3n) is 3.60. The van der Waals surface area contributed by atoms with Crippen LogP contribution in [0.5, 0.6) is 0 Å². The predicted octanol–water partition coefficient (Wildman–Crippen LogP) is 3.26. The number of aromatic amines is 1. The number of nitrogens with zero attached hydrogens (tertiary/aromatic N) is 5. The Labute approximate surface area is 146 Å². The number of alkyl halides is 3. The van der Waals surface area contributed by atoms with Crippen LogP contribution >= 0.6 is 0 Å². The van der Waals surface area contributed by atoms with Gasteiger partial charge in [-0.2, -0.15) is 18.3 Å². The molecule has 4 rings (SSSR count). The van der Waals surface area contributed by atoms with E-state index in [4.69, 9.17) is 2.74 Å². The third-order valence-corrected chi connectivity index (χ3v) is 3.60. The average molecular weight is 364 g/mol. The normalized spacial score (nSPS) is 13.1. The highest BCUT2D eigenvalue weighted by Crippen LogP contribution is 2.27. The monoisotopic (exact) mass is 364 g/mol. The van der Waals surface area contributed by atoms with Crippen molar-refractivity contribution in [3.63, 3.8) is 0 Å². The van der Waals surface area contributed by atoms with E-state index >= 15 is 0 Å². The number of hydrogen-bond donors (Lipinski definition) is 1. The smallest absolute Gasteiger partial charge is 0.303 e. The first-order valence-electron chi connectivity index (χ1n) is 8.30. The van der Waals surface area contributed by atoms with Gasteiger partial charge in [-0.05, 0) is 11.6 Å². The lowest BCUT2D eigenvalue weighted by Crippen LogP contribution is -2.07. The van der Waals surface area contributed by atoms with Crippen LogP contribution in [0.2, 0.25) is 0 Å². The molecule has 0 unspecified atom stereocenters. The minimum absolute atomic E-state index is 0.00322. The summed E-state index contributed by atoms with van der Waals surface area (Å²) >= 11 is 0. The zero-order valence-electron chi connectivity index (χ0n) is 14.8. The Bertz CT molecular complexity index is 1160. The van der Waals surface area contributed by atoms with Crippen LogP contribution < -0.4 is 0 Å². The summed E-state index contributed by atoms with van der Waals surface area (Å²) in [6.45, 7) is 0. The quantitative estimate of drug-likeness (QED) is 0.567. The average Bonchev–Trinajstić information content (AvgIpc) is 3.26. The Morgan fingerprint density at radius 2 is 2.12 bits per heavy atom. The fraction of sp³-hybridized carbons (Fsp3) is 0.125. The first kappa shape index (κ1) is 13.9. The Morgan fingerprint density at radius 3 is 2.85 bits per heavy atom. The Morgan fingerprint density at radius 1 is 1.27 bits per heavy atom. The highest BCUT2D eigenvalue weighted by Gasteiger charge is 2.35. The van der Waals surface area contributed by atoms with E-state index in [1.165, 1.54) is 22.9 Å². The Hall–Kier alpha value is -3.30. The van der Waals surface area contributed by atoms with Crippen LogP contribution in [-0.2, 0) is 12.6 Å².